The maximum atomic E-state index is 11.2. The fourth-order valence-electron chi connectivity index (χ4n) is 1.01. The smallest absolute Gasteiger partial charge is 0.222 e. The normalized spacial score (nSPS) is 12.6. The third-order valence-electron chi connectivity index (χ3n) is 1.88. The van der Waals surface area contributed by atoms with Crippen LogP contribution in [0.1, 0.15) is 33.1 Å². The summed E-state index contributed by atoms with van der Waals surface area (Å²) >= 11 is 0. The Morgan fingerprint density at radius 1 is 1.58 bits per heavy atom. The minimum absolute atomic E-state index is 0.133. The van der Waals surface area contributed by atoms with Gasteiger partial charge in [-0.1, -0.05) is 26.7 Å². The van der Waals surface area contributed by atoms with Gasteiger partial charge in [0.1, 0.15) is 0 Å². The Morgan fingerprint density at radius 2 is 2.25 bits per heavy atom. The van der Waals surface area contributed by atoms with E-state index in [1.807, 2.05) is 6.92 Å². The molecule has 0 aliphatic rings. The number of nitrogens with two attached hydrogens (primary N) is 1. The third kappa shape index (κ3) is 5.13. The SMILES string of the molecule is CCCCC(C)C(=O)NCCN. The minimum Gasteiger partial charge on any atom is -0.355 e. The van der Waals surface area contributed by atoms with Crippen LogP contribution in [0.3, 0.4) is 0 Å². The van der Waals surface area contributed by atoms with Crippen molar-refractivity contribution in [3.05, 3.63) is 0 Å². The van der Waals surface area contributed by atoms with Gasteiger partial charge in [0.25, 0.3) is 0 Å². The molecule has 12 heavy (non-hydrogen) atoms. The minimum atomic E-state index is 0.133. The topological polar surface area (TPSA) is 55.1 Å². The van der Waals surface area contributed by atoms with Gasteiger partial charge in [-0.3, -0.25) is 4.79 Å². The van der Waals surface area contributed by atoms with Crippen molar-refractivity contribution in [3.63, 3.8) is 0 Å². The molecular weight excluding hydrogens is 152 g/mol. The Kier molecular flexibility index (Phi) is 6.76. The predicted molar refractivity (Wildman–Crippen MR) is 50.8 cm³/mol. The van der Waals surface area contributed by atoms with Crippen molar-refractivity contribution in [1.82, 2.24) is 5.32 Å². The van der Waals surface area contributed by atoms with E-state index in [2.05, 4.69) is 12.2 Å². The van der Waals surface area contributed by atoms with Crippen molar-refractivity contribution in [2.45, 2.75) is 33.1 Å². The van der Waals surface area contributed by atoms with E-state index in [4.69, 9.17) is 5.73 Å². The zero-order valence-electron chi connectivity index (χ0n) is 8.10. The molecule has 0 bridgehead atoms. The lowest BCUT2D eigenvalue weighted by Gasteiger charge is -2.10. The van der Waals surface area contributed by atoms with Crippen molar-refractivity contribution in [2.75, 3.05) is 13.1 Å². The molecule has 1 atom stereocenters. The van der Waals surface area contributed by atoms with Crippen molar-refractivity contribution >= 4 is 5.91 Å². The first kappa shape index (κ1) is 11.4. The second-order valence-corrected chi connectivity index (χ2v) is 3.12. The summed E-state index contributed by atoms with van der Waals surface area (Å²) in [5.41, 5.74) is 5.26. The van der Waals surface area contributed by atoms with Crippen LogP contribution in [0.25, 0.3) is 0 Å². The highest BCUT2D eigenvalue weighted by Crippen LogP contribution is 2.06. The highest BCUT2D eigenvalue weighted by atomic mass is 16.1. The average Bonchev–Trinajstić information content (AvgIpc) is 2.10. The lowest BCUT2D eigenvalue weighted by Crippen LogP contribution is -2.33. The Bertz CT molecular complexity index is 126. The molecule has 3 nitrogen and oxygen atoms in total. The Morgan fingerprint density at radius 3 is 2.75 bits per heavy atom. The first-order valence-corrected chi connectivity index (χ1v) is 4.70. The Labute approximate surface area is 74.7 Å². The standard InChI is InChI=1S/C9H20N2O/c1-3-4-5-8(2)9(12)11-7-6-10/h8H,3-7,10H2,1-2H3,(H,11,12). The van der Waals surface area contributed by atoms with Crippen LogP contribution >= 0.6 is 0 Å². The summed E-state index contributed by atoms with van der Waals surface area (Å²) in [6.45, 7) is 5.20. The molecule has 0 aliphatic carbocycles. The average molecular weight is 172 g/mol. The molecule has 0 saturated heterocycles. The van der Waals surface area contributed by atoms with Crippen LogP contribution in [0, 0.1) is 5.92 Å². The van der Waals surface area contributed by atoms with Gasteiger partial charge < -0.3 is 11.1 Å². The molecule has 0 aromatic heterocycles. The Hall–Kier alpha value is -0.570. The fourth-order valence-corrected chi connectivity index (χ4v) is 1.01. The lowest BCUT2D eigenvalue weighted by molar-refractivity contribution is -0.124. The van der Waals surface area contributed by atoms with E-state index in [0.29, 0.717) is 13.1 Å². The largest absolute Gasteiger partial charge is 0.355 e. The molecule has 0 aromatic carbocycles. The van der Waals surface area contributed by atoms with Crippen molar-refractivity contribution in [1.29, 1.82) is 0 Å². The van der Waals surface area contributed by atoms with Crippen molar-refractivity contribution in [2.24, 2.45) is 11.7 Å². The lowest BCUT2D eigenvalue weighted by atomic mass is 10.0. The van der Waals surface area contributed by atoms with E-state index in [9.17, 15) is 4.79 Å². The molecule has 1 amide bonds. The first-order valence-electron chi connectivity index (χ1n) is 4.70. The second-order valence-electron chi connectivity index (χ2n) is 3.12. The number of carbonyl (C=O) groups is 1. The molecule has 0 aromatic rings. The highest BCUT2D eigenvalue weighted by molar-refractivity contribution is 5.78. The summed E-state index contributed by atoms with van der Waals surface area (Å²) in [5.74, 6) is 0.269. The number of amides is 1. The molecule has 3 N–H and O–H groups in total. The van der Waals surface area contributed by atoms with E-state index in [-0.39, 0.29) is 11.8 Å². The number of unbranched alkanes of at least 4 members (excludes halogenated alkanes) is 1. The number of nitrogens with one attached hydrogen (secondary N) is 1. The molecule has 0 radical (unpaired) electrons. The Balaban J connectivity index is 3.47. The summed E-state index contributed by atoms with van der Waals surface area (Å²) in [6.07, 6.45) is 3.25. The molecule has 0 saturated carbocycles. The maximum Gasteiger partial charge on any atom is 0.222 e. The molecule has 1 unspecified atom stereocenters. The molecule has 0 heterocycles. The quantitative estimate of drug-likeness (QED) is 0.625. The van der Waals surface area contributed by atoms with E-state index >= 15 is 0 Å². The van der Waals surface area contributed by atoms with Gasteiger partial charge in [0.05, 0.1) is 0 Å². The molecule has 3 heteroatoms. The van der Waals surface area contributed by atoms with Crippen LogP contribution in [0.5, 0.6) is 0 Å². The fraction of sp³-hybridized carbons (Fsp3) is 0.889. The van der Waals surface area contributed by atoms with E-state index in [0.717, 1.165) is 19.3 Å². The maximum absolute atomic E-state index is 11.2. The highest BCUT2D eigenvalue weighted by Gasteiger charge is 2.10. The molecule has 0 fully saturated rings. The predicted octanol–water partition coefficient (Wildman–Crippen LogP) is 0.888. The van der Waals surface area contributed by atoms with E-state index in [1.165, 1.54) is 0 Å². The van der Waals surface area contributed by atoms with Gasteiger partial charge in [-0.15, -0.1) is 0 Å². The molecule has 0 aliphatic heterocycles. The summed E-state index contributed by atoms with van der Waals surface area (Å²) in [5, 5.41) is 2.78. The summed E-state index contributed by atoms with van der Waals surface area (Å²) in [7, 11) is 0. The van der Waals surface area contributed by atoms with E-state index < -0.39 is 0 Å². The van der Waals surface area contributed by atoms with Gasteiger partial charge in [-0.25, -0.2) is 0 Å². The van der Waals surface area contributed by atoms with Crippen molar-refractivity contribution < 1.29 is 4.79 Å². The zero-order valence-corrected chi connectivity index (χ0v) is 8.10. The number of carbonyl (C=O) groups excluding carboxylic acids is 1. The molecule has 0 rings (SSSR count). The van der Waals surface area contributed by atoms with Gasteiger partial charge in [0, 0.05) is 19.0 Å². The number of rotatable bonds is 6. The van der Waals surface area contributed by atoms with Crippen molar-refractivity contribution in [3.8, 4) is 0 Å². The zero-order chi connectivity index (χ0) is 9.40. The molecule has 72 valence electrons. The van der Waals surface area contributed by atoms with Crippen LogP contribution < -0.4 is 11.1 Å². The van der Waals surface area contributed by atoms with E-state index in [1.54, 1.807) is 0 Å². The number of hydrogen-bond donors (Lipinski definition) is 2. The third-order valence-corrected chi connectivity index (χ3v) is 1.88. The summed E-state index contributed by atoms with van der Waals surface area (Å²) in [4.78, 5) is 11.2. The van der Waals surface area contributed by atoms with Gasteiger partial charge >= 0.3 is 0 Å². The van der Waals surface area contributed by atoms with Crippen LogP contribution in [0.4, 0.5) is 0 Å². The molecular formula is C9H20N2O. The summed E-state index contributed by atoms with van der Waals surface area (Å²) < 4.78 is 0. The monoisotopic (exact) mass is 172 g/mol. The van der Waals surface area contributed by atoms with Gasteiger partial charge in [-0.2, -0.15) is 0 Å². The number of hydrogen-bond acceptors (Lipinski definition) is 2. The molecule has 0 spiro atoms. The van der Waals surface area contributed by atoms with Gasteiger partial charge in [0.15, 0.2) is 0 Å². The van der Waals surface area contributed by atoms with Crippen LogP contribution in [0.15, 0.2) is 0 Å². The van der Waals surface area contributed by atoms with Crippen LogP contribution in [-0.4, -0.2) is 19.0 Å². The van der Waals surface area contributed by atoms with Crippen LogP contribution in [0.2, 0.25) is 0 Å². The summed E-state index contributed by atoms with van der Waals surface area (Å²) in [6, 6.07) is 0. The second kappa shape index (κ2) is 7.10. The van der Waals surface area contributed by atoms with Gasteiger partial charge in [0.2, 0.25) is 5.91 Å². The van der Waals surface area contributed by atoms with Gasteiger partial charge in [-0.05, 0) is 6.42 Å². The van der Waals surface area contributed by atoms with Crippen LogP contribution in [-0.2, 0) is 4.79 Å². The first-order chi connectivity index (χ1) is 5.72.